The van der Waals surface area contributed by atoms with Crippen molar-refractivity contribution in [1.82, 2.24) is 0 Å². The van der Waals surface area contributed by atoms with Crippen LogP contribution in [0, 0.1) is 0 Å². The molecule has 1 rings (SSSR count). The lowest BCUT2D eigenvalue weighted by atomic mass is 9.99. The second-order valence-electron chi connectivity index (χ2n) is 17.6. The summed E-state index contributed by atoms with van der Waals surface area (Å²) in [5.41, 5.74) is 0. The first-order valence-electron chi connectivity index (χ1n) is 25.7. The zero-order valence-corrected chi connectivity index (χ0v) is 39.9. The second-order valence-corrected chi connectivity index (χ2v) is 17.6. The summed E-state index contributed by atoms with van der Waals surface area (Å²) in [5, 5.41) is 40.2. The third-order valence-corrected chi connectivity index (χ3v) is 11.8. The molecule has 0 radical (unpaired) electrons. The van der Waals surface area contributed by atoms with Gasteiger partial charge in [0, 0.05) is 13.0 Å². The number of hydrogen-bond donors (Lipinski definition) is 4. The van der Waals surface area contributed by atoms with Gasteiger partial charge in [-0.1, -0.05) is 210 Å². The lowest BCUT2D eigenvalue weighted by molar-refractivity contribution is -0.305. The summed E-state index contributed by atoms with van der Waals surface area (Å²) < 4.78 is 22.9. The van der Waals surface area contributed by atoms with Gasteiger partial charge in [0.25, 0.3) is 0 Å². The summed E-state index contributed by atoms with van der Waals surface area (Å²) in [6, 6.07) is 0. The fourth-order valence-corrected chi connectivity index (χ4v) is 7.78. The summed E-state index contributed by atoms with van der Waals surface area (Å²) in [7, 11) is 0. The van der Waals surface area contributed by atoms with Crippen LogP contribution < -0.4 is 0 Å². The SMILES string of the molecule is CC/C=C\C/C=C\C/C=C\C/C=C\CCCCCCCCCCCCCCC(=O)OC(COCCCCCCCCCCCCCCCC)COC1OC(CO)C(O)C(O)C1O. The number of esters is 1. The van der Waals surface area contributed by atoms with Crippen LogP contribution in [0.4, 0.5) is 0 Å². The Hall–Kier alpha value is -1.85. The number of carbonyl (C=O) groups excluding carboxylic acids is 1. The van der Waals surface area contributed by atoms with Crippen molar-refractivity contribution < 1.29 is 44.2 Å². The van der Waals surface area contributed by atoms with Crippen molar-refractivity contribution >= 4 is 5.97 Å². The summed E-state index contributed by atoms with van der Waals surface area (Å²) >= 11 is 0. The molecule has 0 aromatic carbocycles. The molecular weight excluding hydrogens is 781 g/mol. The fourth-order valence-electron chi connectivity index (χ4n) is 7.78. The van der Waals surface area contributed by atoms with Crippen molar-refractivity contribution in [3.05, 3.63) is 48.6 Å². The van der Waals surface area contributed by atoms with Crippen molar-refractivity contribution in [3.63, 3.8) is 0 Å². The van der Waals surface area contributed by atoms with Crippen LogP contribution in [0.15, 0.2) is 48.6 Å². The second kappa shape index (κ2) is 44.4. The number of hydrogen-bond acceptors (Lipinski definition) is 9. The molecule has 362 valence electrons. The molecule has 1 fully saturated rings. The van der Waals surface area contributed by atoms with Crippen LogP contribution in [0.1, 0.15) is 219 Å². The Bertz CT molecular complexity index is 1090. The first-order valence-corrected chi connectivity index (χ1v) is 25.7. The van der Waals surface area contributed by atoms with Crippen LogP contribution in [0.2, 0.25) is 0 Å². The van der Waals surface area contributed by atoms with Crippen molar-refractivity contribution in [2.75, 3.05) is 26.4 Å². The van der Waals surface area contributed by atoms with E-state index in [-0.39, 0.29) is 19.2 Å². The van der Waals surface area contributed by atoms with E-state index in [4.69, 9.17) is 18.9 Å². The maximum Gasteiger partial charge on any atom is 0.306 e. The molecule has 1 heterocycles. The van der Waals surface area contributed by atoms with Crippen LogP contribution >= 0.6 is 0 Å². The highest BCUT2D eigenvalue weighted by Gasteiger charge is 2.44. The smallest absolute Gasteiger partial charge is 0.306 e. The Morgan fingerprint density at radius 2 is 0.984 bits per heavy atom. The van der Waals surface area contributed by atoms with Gasteiger partial charge in [-0.25, -0.2) is 0 Å². The Morgan fingerprint density at radius 1 is 0.532 bits per heavy atom. The third kappa shape index (κ3) is 34.5. The van der Waals surface area contributed by atoms with Crippen LogP contribution in [0.5, 0.6) is 0 Å². The molecule has 0 aromatic rings. The first-order chi connectivity index (χ1) is 30.4. The van der Waals surface area contributed by atoms with E-state index in [1.807, 2.05) is 0 Å². The van der Waals surface area contributed by atoms with Crippen LogP contribution in [0.3, 0.4) is 0 Å². The molecule has 0 aliphatic carbocycles. The summed E-state index contributed by atoms with van der Waals surface area (Å²) in [6.45, 7) is 4.47. The van der Waals surface area contributed by atoms with E-state index in [0.717, 1.165) is 57.8 Å². The van der Waals surface area contributed by atoms with Gasteiger partial charge in [-0.05, 0) is 51.4 Å². The quantitative estimate of drug-likeness (QED) is 0.0268. The number of ether oxygens (including phenoxy) is 4. The zero-order valence-electron chi connectivity index (χ0n) is 39.9. The van der Waals surface area contributed by atoms with E-state index >= 15 is 0 Å². The van der Waals surface area contributed by atoms with E-state index < -0.39 is 43.4 Å². The molecule has 62 heavy (non-hydrogen) atoms. The first kappa shape index (κ1) is 58.2. The number of carbonyl (C=O) groups is 1. The molecule has 4 N–H and O–H groups in total. The molecule has 9 nitrogen and oxygen atoms in total. The van der Waals surface area contributed by atoms with Crippen LogP contribution in [-0.4, -0.2) is 89.6 Å². The average molecular weight is 877 g/mol. The van der Waals surface area contributed by atoms with E-state index in [2.05, 4.69) is 62.5 Å². The normalized spacial score (nSPS) is 20.1. The number of aliphatic hydroxyl groups is 4. The summed E-state index contributed by atoms with van der Waals surface area (Å²) in [5.74, 6) is -0.314. The van der Waals surface area contributed by atoms with E-state index in [0.29, 0.717) is 13.0 Å². The topological polar surface area (TPSA) is 135 Å². The van der Waals surface area contributed by atoms with Gasteiger partial charge in [-0.3, -0.25) is 4.79 Å². The maximum atomic E-state index is 12.8. The van der Waals surface area contributed by atoms with Crippen molar-refractivity contribution in [2.45, 2.75) is 256 Å². The third-order valence-electron chi connectivity index (χ3n) is 11.8. The van der Waals surface area contributed by atoms with Crippen molar-refractivity contribution in [2.24, 2.45) is 0 Å². The highest BCUT2D eigenvalue weighted by molar-refractivity contribution is 5.69. The van der Waals surface area contributed by atoms with Gasteiger partial charge >= 0.3 is 5.97 Å². The zero-order chi connectivity index (χ0) is 45.0. The van der Waals surface area contributed by atoms with Crippen molar-refractivity contribution in [1.29, 1.82) is 0 Å². The van der Waals surface area contributed by atoms with Crippen molar-refractivity contribution in [3.8, 4) is 0 Å². The maximum absolute atomic E-state index is 12.8. The molecule has 0 bridgehead atoms. The molecule has 1 aliphatic heterocycles. The Balaban J connectivity index is 2.17. The van der Waals surface area contributed by atoms with E-state index in [1.165, 1.54) is 141 Å². The highest BCUT2D eigenvalue weighted by Crippen LogP contribution is 2.23. The van der Waals surface area contributed by atoms with Gasteiger partial charge in [0.1, 0.15) is 30.5 Å². The molecule has 1 saturated heterocycles. The minimum Gasteiger partial charge on any atom is -0.457 e. The van der Waals surface area contributed by atoms with Gasteiger partial charge in [-0.15, -0.1) is 0 Å². The molecular formula is C53H96O9. The molecule has 6 unspecified atom stereocenters. The molecule has 9 heteroatoms. The Labute approximate surface area is 380 Å². The standard InChI is InChI=1S/C53H96O9/c1-3-5-7-9-11-13-15-17-19-20-21-22-23-24-25-26-27-28-29-30-32-34-36-38-40-42-49(55)61-47(46-60-53-52(58)51(57)50(56)48(44-54)62-53)45-59-43-41-39-37-35-33-31-18-16-14-12-10-8-6-4-2/h5,7,11,13,17,19,21-22,47-48,50-54,56-58H,3-4,6,8-10,12,14-16,18,20,23-46H2,1-2H3/b7-5-,13-11-,19-17-,22-21-. The summed E-state index contributed by atoms with van der Waals surface area (Å²) in [6.07, 6.45) is 48.6. The minimum atomic E-state index is -1.54. The van der Waals surface area contributed by atoms with E-state index in [9.17, 15) is 25.2 Å². The van der Waals surface area contributed by atoms with Gasteiger partial charge in [0.15, 0.2) is 6.29 Å². The predicted octanol–water partition coefficient (Wildman–Crippen LogP) is 12.5. The van der Waals surface area contributed by atoms with Gasteiger partial charge in [0.2, 0.25) is 0 Å². The molecule has 1 aliphatic rings. The number of allylic oxidation sites excluding steroid dienone is 8. The minimum absolute atomic E-state index is 0.112. The molecule has 0 amide bonds. The number of unbranched alkanes of at least 4 members (excludes halogenated alkanes) is 25. The largest absolute Gasteiger partial charge is 0.457 e. The molecule has 0 aromatic heterocycles. The highest BCUT2D eigenvalue weighted by atomic mass is 16.7. The fraction of sp³-hybridized carbons (Fsp3) is 0.830. The van der Waals surface area contributed by atoms with Gasteiger partial charge in [0.05, 0.1) is 19.8 Å². The predicted molar refractivity (Wildman–Crippen MR) is 256 cm³/mol. The average Bonchev–Trinajstić information content (AvgIpc) is 3.27. The van der Waals surface area contributed by atoms with Crippen LogP contribution in [-0.2, 0) is 23.7 Å². The van der Waals surface area contributed by atoms with Crippen LogP contribution in [0.25, 0.3) is 0 Å². The van der Waals surface area contributed by atoms with Gasteiger partial charge < -0.3 is 39.4 Å². The van der Waals surface area contributed by atoms with Gasteiger partial charge in [-0.2, -0.15) is 0 Å². The summed E-state index contributed by atoms with van der Waals surface area (Å²) in [4.78, 5) is 12.8. The lowest BCUT2D eigenvalue weighted by Gasteiger charge is -2.39. The molecule has 0 saturated carbocycles. The lowest BCUT2D eigenvalue weighted by Crippen LogP contribution is -2.59. The number of rotatable bonds is 44. The Morgan fingerprint density at radius 3 is 1.48 bits per heavy atom. The Kier molecular flexibility index (Phi) is 41.6. The molecule has 6 atom stereocenters. The number of aliphatic hydroxyl groups excluding tert-OH is 4. The molecule has 0 spiro atoms. The monoisotopic (exact) mass is 877 g/mol. The van der Waals surface area contributed by atoms with E-state index in [1.54, 1.807) is 0 Å².